The average Bonchev–Trinajstić information content (AvgIpc) is 2.70. The van der Waals surface area contributed by atoms with Crippen LogP contribution in [-0.2, 0) is 4.74 Å². The summed E-state index contributed by atoms with van der Waals surface area (Å²) in [5.74, 6) is -0.772. The molecule has 2 aromatic carbocycles. The maximum Gasteiger partial charge on any atom is 0.337 e. The highest BCUT2D eigenvalue weighted by Crippen LogP contribution is 2.22. The molecule has 0 radical (unpaired) electrons. The van der Waals surface area contributed by atoms with E-state index < -0.39 is 5.97 Å². The molecule has 2 N–H and O–H groups in total. The summed E-state index contributed by atoms with van der Waals surface area (Å²) in [6.07, 6.45) is 1.53. The maximum absolute atomic E-state index is 12.3. The van der Waals surface area contributed by atoms with Crippen LogP contribution in [0.3, 0.4) is 0 Å². The van der Waals surface area contributed by atoms with Crippen LogP contribution in [0.25, 0.3) is 0 Å². The average molecular weight is 382 g/mol. The number of methoxy groups -OCH3 is 1. The third kappa shape index (κ3) is 4.62. The summed E-state index contributed by atoms with van der Waals surface area (Å²) in [5, 5.41) is 6.30. The van der Waals surface area contributed by atoms with Gasteiger partial charge in [-0.3, -0.25) is 4.79 Å². The molecule has 3 aromatic rings. The Morgan fingerprint density at radius 3 is 2.52 bits per heavy atom. The summed E-state index contributed by atoms with van der Waals surface area (Å²) in [6, 6.07) is 17.2. The number of carbonyl (C=O) groups is 2. The van der Waals surface area contributed by atoms with E-state index in [0.29, 0.717) is 27.6 Å². The van der Waals surface area contributed by atoms with Gasteiger partial charge in [0, 0.05) is 5.69 Å². The third-order valence-corrected chi connectivity index (χ3v) is 4.02. The molecule has 0 aliphatic heterocycles. The number of halogens is 1. The van der Waals surface area contributed by atoms with Crippen LogP contribution in [0.2, 0.25) is 5.02 Å². The van der Waals surface area contributed by atoms with Gasteiger partial charge in [-0.25, -0.2) is 9.78 Å². The van der Waals surface area contributed by atoms with Gasteiger partial charge in [-0.15, -0.1) is 0 Å². The van der Waals surface area contributed by atoms with Gasteiger partial charge in [0.2, 0.25) is 0 Å². The minimum Gasteiger partial charge on any atom is -0.465 e. The topological polar surface area (TPSA) is 80.3 Å². The molecule has 0 bridgehead atoms. The molecule has 0 fully saturated rings. The summed E-state index contributed by atoms with van der Waals surface area (Å²) in [5.41, 5.74) is 2.59. The fraction of sp³-hybridized carbons (Fsp3) is 0.0500. The van der Waals surface area contributed by atoms with E-state index in [-0.39, 0.29) is 11.6 Å². The van der Waals surface area contributed by atoms with Crippen LogP contribution in [0.15, 0.2) is 66.9 Å². The molecule has 0 saturated carbocycles. The zero-order valence-corrected chi connectivity index (χ0v) is 15.2. The molecule has 0 aliphatic rings. The molecule has 0 atom stereocenters. The molecule has 1 aromatic heterocycles. The molecule has 136 valence electrons. The molecule has 6 nitrogen and oxygen atoms in total. The molecule has 3 rings (SSSR count). The Balaban J connectivity index is 1.69. The van der Waals surface area contributed by atoms with Gasteiger partial charge in [-0.1, -0.05) is 29.8 Å². The molecule has 0 spiro atoms. The molecule has 7 heteroatoms. The number of nitrogens with zero attached hydrogens (tertiary/aromatic N) is 1. The van der Waals surface area contributed by atoms with Gasteiger partial charge in [-0.2, -0.15) is 0 Å². The summed E-state index contributed by atoms with van der Waals surface area (Å²) in [4.78, 5) is 28.0. The maximum atomic E-state index is 12.3. The van der Waals surface area contributed by atoms with E-state index in [9.17, 15) is 9.59 Å². The zero-order valence-electron chi connectivity index (χ0n) is 14.4. The lowest BCUT2D eigenvalue weighted by atomic mass is 10.2. The summed E-state index contributed by atoms with van der Waals surface area (Å²) < 4.78 is 4.71. The van der Waals surface area contributed by atoms with Crippen molar-refractivity contribution in [3.05, 3.63) is 83.1 Å². The predicted octanol–water partition coefficient (Wildman–Crippen LogP) is 4.52. The standard InChI is InChI=1S/C20H16ClN3O3/c1-27-20(26)13-5-4-6-14(11-13)23-15-9-10-18(22-12-15)19(25)24-17-8-3-2-7-16(17)21/h2-12,23H,1H3,(H,24,25). The van der Waals surface area contributed by atoms with Crippen molar-refractivity contribution in [2.75, 3.05) is 17.7 Å². The van der Waals surface area contributed by atoms with Crippen LogP contribution in [-0.4, -0.2) is 24.0 Å². The van der Waals surface area contributed by atoms with E-state index in [4.69, 9.17) is 16.3 Å². The molecule has 0 saturated heterocycles. The lowest BCUT2D eigenvalue weighted by Crippen LogP contribution is -2.13. The van der Waals surface area contributed by atoms with Gasteiger partial charge < -0.3 is 15.4 Å². The number of rotatable bonds is 5. The van der Waals surface area contributed by atoms with Crippen LogP contribution in [0.4, 0.5) is 17.1 Å². The number of anilines is 3. The van der Waals surface area contributed by atoms with Crippen molar-refractivity contribution in [1.82, 2.24) is 4.98 Å². The first-order chi connectivity index (χ1) is 13.1. The van der Waals surface area contributed by atoms with Crippen LogP contribution < -0.4 is 10.6 Å². The number of amides is 1. The minimum atomic E-state index is -0.414. The van der Waals surface area contributed by atoms with Crippen molar-refractivity contribution in [1.29, 1.82) is 0 Å². The van der Waals surface area contributed by atoms with Gasteiger partial charge in [0.1, 0.15) is 5.69 Å². The smallest absolute Gasteiger partial charge is 0.337 e. The zero-order chi connectivity index (χ0) is 19.2. The number of hydrogen-bond donors (Lipinski definition) is 2. The number of benzene rings is 2. The molecule has 0 aliphatic carbocycles. The first-order valence-corrected chi connectivity index (χ1v) is 8.42. The van der Waals surface area contributed by atoms with Gasteiger partial charge in [0.25, 0.3) is 5.91 Å². The lowest BCUT2D eigenvalue weighted by Gasteiger charge is -2.09. The highest BCUT2D eigenvalue weighted by Gasteiger charge is 2.10. The third-order valence-electron chi connectivity index (χ3n) is 3.69. The van der Waals surface area contributed by atoms with Gasteiger partial charge in [0.05, 0.1) is 35.3 Å². The summed E-state index contributed by atoms with van der Waals surface area (Å²) in [6.45, 7) is 0. The van der Waals surface area contributed by atoms with Crippen LogP contribution >= 0.6 is 11.6 Å². The number of esters is 1. The Morgan fingerprint density at radius 1 is 1.00 bits per heavy atom. The van der Waals surface area contributed by atoms with E-state index in [2.05, 4.69) is 15.6 Å². The Morgan fingerprint density at radius 2 is 1.81 bits per heavy atom. The predicted molar refractivity (Wildman–Crippen MR) is 105 cm³/mol. The number of pyridine rings is 1. The van der Waals surface area contributed by atoms with Crippen molar-refractivity contribution in [3.63, 3.8) is 0 Å². The second-order valence-corrected chi connectivity index (χ2v) is 5.97. The monoisotopic (exact) mass is 381 g/mol. The molecular formula is C20H16ClN3O3. The Hall–Kier alpha value is -3.38. The van der Waals surface area contributed by atoms with E-state index in [1.165, 1.54) is 13.3 Å². The van der Waals surface area contributed by atoms with Gasteiger partial charge in [-0.05, 0) is 42.5 Å². The SMILES string of the molecule is COC(=O)c1cccc(Nc2ccc(C(=O)Nc3ccccc3Cl)nc2)c1. The fourth-order valence-corrected chi connectivity index (χ4v) is 2.54. The normalized spacial score (nSPS) is 10.1. The van der Waals surface area contributed by atoms with Crippen LogP contribution in [0.1, 0.15) is 20.8 Å². The quantitative estimate of drug-likeness (QED) is 0.635. The molecular weight excluding hydrogens is 366 g/mol. The highest BCUT2D eigenvalue weighted by atomic mass is 35.5. The molecule has 0 unspecified atom stereocenters. The van der Waals surface area contributed by atoms with Crippen molar-refractivity contribution in [3.8, 4) is 0 Å². The number of nitrogens with one attached hydrogen (secondary N) is 2. The number of para-hydroxylation sites is 1. The van der Waals surface area contributed by atoms with E-state index in [1.807, 2.05) is 6.07 Å². The van der Waals surface area contributed by atoms with Crippen molar-refractivity contribution in [2.45, 2.75) is 0 Å². The molecule has 1 heterocycles. The molecule has 27 heavy (non-hydrogen) atoms. The minimum absolute atomic E-state index is 0.254. The largest absolute Gasteiger partial charge is 0.465 e. The van der Waals surface area contributed by atoms with Crippen molar-refractivity contribution in [2.24, 2.45) is 0 Å². The van der Waals surface area contributed by atoms with Crippen LogP contribution in [0.5, 0.6) is 0 Å². The number of ether oxygens (including phenoxy) is 1. The van der Waals surface area contributed by atoms with Gasteiger partial charge in [0.15, 0.2) is 0 Å². The number of hydrogen-bond acceptors (Lipinski definition) is 5. The number of aromatic nitrogens is 1. The Kier molecular flexibility index (Phi) is 5.68. The second kappa shape index (κ2) is 8.33. The van der Waals surface area contributed by atoms with Crippen LogP contribution in [0, 0.1) is 0 Å². The summed E-state index contributed by atoms with van der Waals surface area (Å²) >= 11 is 6.04. The lowest BCUT2D eigenvalue weighted by molar-refractivity contribution is 0.0600. The Bertz CT molecular complexity index is 974. The fourth-order valence-electron chi connectivity index (χ4n) is 2.36. The summed E-state index contributed by atoms with van der Waals surface area (Å²) in [7, 11) is 1.33. The number of carbonyl (C=O) groups excluding carboxylic acids is 2. The van der Waals surface area contributed by atoms with Crippen molar-refractivity contribution < 1.29 is 14.3 Å². The first-order valence-electron chi connectivity index (χ1n) is 8.04. The highest BCUT2D eigenvalue weighted by molar-refractivity contribution is 6.33. The van der Waals surface area contributed by atoms with Gasteiger partial charge >= 0.3 is 5.97 Å². The molecule has 1 amide bonds. The van der Waals surface area contributed by atoms with E-state index in [0.717, 1.165) is 0 Å². The first kappa shape index (κ1) is 18.4. The van der Waals surface area contributed by atoms with E-state index in [1.54, 1.807) is 54.6 Å². The van der Waals surface area contributed by atoms with E-state index >= 15 is 0 Å². The Labute approximate surface area is 161 Å². The van der Waals surface area contributed by atoms with Crippen molar-refractivity contribution >= 4 is 40.5 Å². The second-order valence-electron chi connectivity index (χ2n) is 5.56.